The van der Waals surface area contributed by atoms with E-state index in [0.717, 1.165) is 4.90 Å². The zero-order chi connectivity index (χ0) is 15.0. The molecule has 0 aliphatic carbocycles. The van der Waals surface area contributed by atoms with Gasteiger partial charge in [0.25, 0.3) is 11.8 Å². The molecule has 0 saturated heterocycles. The van der Waals surface area contributed by atoms with Crippen LogP contribution >= 0.6 is 0 Å². The van der Waals surface area contributed by atoms with Gasteiger partial charge in [-0.3, -0.25) is 14.4 Å². The molecule has 5 heteroatoms. The molecule has 1 aliphatic rings. The molecular formula is C16H11NO4. The third-order valence-electron chi connectivity index (χ3n) is 3.32. The van der Waals surface area contributed by atoms with E-state index in [2.05, 4.69) is 0 Å². The lowest BCUT2D eigenvalue weighted by molar-refractivity contribution is -0.136. The minimum Gasteiger partial charge on any atom is -0.481 e. The molecule has 1 N–H and O–H groups in total. The van der Waals surface area contributed by atoms with Crippen molar-refractivity contribution in [2.75, 3.05) is 4.90 Å². The minimum absolute atomic E-state index is 0.156. The Morgan fingerprint density at radius 2 is 1.57 bits per heavy atom. The maximum atomic E-state index is 12.3. The van der Waals surface area contributed by atoms with E-state index in [1.807, 2.05) is 0 Å². The number of aliphatic carboxylic acids is 1. The average Bonchev–Trinajstić information content (AvgIpc) is 2.71. The molecule has 0 atom stereocenters. The Balaban J connectivity index is 2.01. The minimum atomic E-state index is -0.963. The van der Waals surface area contributed by atoms with Gasteiger partial charge < -0.3 is 5.11 Å². The molecule has 21 heavy (non-hydrogen) atoms. The highest BCUT2D eigenvalue weighted by atomic mass is 16.4. The van der Waals surface area contributed by atoms with Crippen LogP contribution in [0.15, 0.2) is 48.5 Å². The molecule has 0 bridgehead atoms. The molecule has 104 valence electrons. The molecule has 0 aromatic heterocycles. The standard InChI is InChI=1S/C16H11NO4/c18-14(19)9-10-4-3-5-11(8-10)17-15(20)12-6-1-2-7-13(12)16(17)21/h1-8H,9H2,(H,18,19). The summed E-state index contributed by atoms with van der Waals surface area (Å²) < 4.78 is 0. The van der Waals surface area contributed by atoms with Crippen molar-refractivity contribution in [3.63, 3.8) is 0 Å². The van der Waals surface area contributed by atoms with Crippen LogP contribution in [0.25, 0.3) is 0 Å². The Morgan fingerprint density at radius 3 is 2.14 bits per heavy atom. The topological polar surface area (TPSA) is 74.7 Å². The van der Waals surface area contributed by atoms with Crippen molar-refractivity contribution in [1.29, 1.82) is 0 Å². The number of rotatable bonds is 3. The van der Waals surface area contributed by atoms with Crippen molar-refractivity contribution in [3.8, 4) is 0 Å². The lowest BCUT2D eigenvalue weighted by Crippen LogP contribution is -2.29. The normalized spacial score (nSPS) is 13.4. The van der Waals surface area contributed by atoms with E-state index in [1.165, 1.54) is 0 Å². The predicted molar refractivity (Wildman–Crippen MR) is 75.4 cm³/mol. The average molecular weight is 281 g/mol. The van der Waals surface area contributed by atoms with Crippen LogP contribution in [0.5, 0.6) is 0 Å². The SMILES string of the molecule is O=C(O)Cc1cccc(N2C(=O)c3ccccc3C2=O)c1. The van der Waals surface area contributed by atoms with Gasteiger partial charge in [0, 0.05) is 0 Å². The van der Waals surface area contributed by atoms with E-state index in [0.29, 0.717) is 22.4 Å². The number of nitrogens with zero attached hydrogens (tertiary/aromatic N) is 1. The van der Waals surface area contributed by atoms with E-state index >= 15 is 0 Å². The molecule has 0 fully saturated rings. The summed E-state index contributed by atoms with van der Waals surface area (Å²) in [5, 5.41) is 8.82. The second kappa shape index (κ2) is 4.86. The predicted octanol–water partition coefficient (Wildman–Crippen LogP) is 2.11. The van der Waals surface area contributed by atoms with Crippen LogP contribution in [0.1, 0.15) is 26.3 Å². The third-order valence-corrected chi connectivity index (χ3v) is 3.32. The van der Waals surface area contributed by atoms with Crippen molar-refractivity contribution in [2.45, 2.75) is 6.42 Å². The summed E-state index contributed by atoms with van der Waals surface area (Å²) in [6.07, 6.45) is -0.156. The number of carboxylic acid groups (broad SMARTS) is 1. The first-order valence-corrected chi connectivity index (χ1v) is 6.36. The number of anilines is 1. The highest BCUT2D eigenvalue weighted by Gasteiger charge is 2.36. The molecule has 3 rings (SSSR count). The largest absolute Gasteiger partial charge is 0.481 e. The number of carbonyl (C=O) groups excluding carboxylic acids is 2. The first-order chi connectivity index (χ1) is 10.1. The zero-order valence-electron chi connectivity index (χ0n) is 10.9. The first-order valence-electron chi connectivity index (χ1n) is 6.36. The molecular weight excluding hydrogens is 270 g/mol. The van der Waals surface area contributed by atoms with Crippen LogP contribution < -0.4 is 4.90 Å². The number of carboxylic acids is 1. The van der Waals surface area contributed by atoms with Gasteiger partial charge >= 0.3 is 5.97 Å². The highest BCUT2D eigenvalue weighted by Crippen LogP contribution is 2.28. The van der Waals surface area contributed by atoms with E-state index in [-0.39, 0.29) is 18.2 Å². The molecule has 0 unspecified atom stereocenters. The van der Waals surface area contributed by atoms with Crippen LogP contribution in [-0.2, 0) is 11.2 Å². The number of fused-ring (bicyclic) bond motifs is 1. The van der Waals surface area contributed by atoms with Crippen LogP contribution in [-0.4, -0.2) is 22.9 Å². The molecule has 0 saturated carbocycles. The quantitative estimate of drug-likeness (QED) is 0.874. The second-order valence-electron chi connectivity index (χ2n) is 4.73. The first kappa shape index (κ1) is 13.1. The number of hydrogen-bond acceptors (Lipinski definition) is 3. The lowest BCUT2D eigenvalue weighted by Gasteiger charge is -2.14. The Labute approximate surface area is 120 Å². The number of hydrogen-bond donors (Lipinski definition) is 1. The van der Waals surface area contributed by atoms with Crippen molar-refractivity contribution < 1.29 is 19.5 Å². The van der Waals surface area contributed by atoms with Gasteiger partial charge in [-0.05, 0) is 29.8 Å². The van der Waals surface area contributed by atoms with Crippen molar-refractivity contribution in [3.05, 3.63) is 65.2 Å². The van der Waals surface area contributed by atoms with Gasteiger partial charge in [0.05, 0.1) is 23.2 Å². The van der Waals surface area contributed by atoms with E-state index in [9.17, 15) is 14.4 Å². The van der Waals surface area contributed by atoms with Crippen LogP contribution in [0, 0.1) is 0 Å². The highest BCUT2D eigenvalue weighted by molar-refractivity contribution is 6.34. The van der Waals surface area contributed by atoms with Crippen LogP contribution in [0.2, 0.25) is 0 Å². The Morgan fingerprint density at radius 1 is 0.952 bits per heavy atom. The molecule has 2 amide bonds. The van der Waals surface area contributed by atoms with E-state index in [4.69, 9.17) is 5.11 Å². The van der Waals surface area contributed by atoms with Crippen molar-refractivity contribution in [2.24, 2.45) is 0 Å². The lowest BCUT2D eigenvalue weighted by atomic mass is 10.1. The fourth-order valence-electron chi connectivity index (χ4n) is 2.40. The molecule has 2 aromatic rings. The Bertz CT molecular complexity index is 731. The Kier molecular flexibility index (Phi) is 3.02. The maximum Gasteiger partial charge on any atom is 0.307 e. The van der Waals surface area contributed by atoms with Gasteiger partial charge in [-0.15, -0.1) is 0 Å². The maximum absolute atomic E-state index is 12.3. The van der Waals surface area contributed by atoms with Crippen LogP contribution in [0.4, 0.5) is 5.69 Å². The summed E-state index contributed by atoms with van der Waals surface area (Å²) in [6, 6.07) is 13.1. The molecule has 0 spiro atoms. The molecule has 2 aromatic carbocycles. The smallest absolute Gasteiger partial charge is 0.307 e. The molecule has 1 aliphatic heterocycles. The van der Waals surface area contributed by atoms with Crippen molar-refractivity contribution >= 4 is 23.5 Å². The summed E-state index contributed by atoms with van der Waals surface area (Å²) in [7, 11) is 0. The van der Waals surface area contributed by atoms with Gasteiger partial charge in [-0.1, -0.05) is 24.3 Å². The summed E-state index contributed by atoms with van der Waals surface area (Å²) in [5.41, 5.74) is 1.66. The summed E-state index contributed by atoms with van der Waals surface area (Å²) in [6.45, 7) is 0. The van der Waals surface area contributed by atoms with Gasteiger partial charge in [0.2, 0.25) is 0 Å². The van der Waals surface area contributed by atoms with E-state index < -0.39 is 5.97 Å². The van der Waals surface area contributed by atoms with Gasteiger partial charge in [-0.25, -0.2) is 4.90 Å². The van der Waals surface area contributed by atoms with Crippen molar-refractivity contribution in [1.82, 2.24) is 0 Å². The molecule has 1 heterocycles. The number of imide groups is 1. The fourth-order valence-corrected chi connectivity index (χ4v) is 2.40. The van der Waals surface area contributed by atoms with Crippen LogP contribution in [0.3, 0.4) is 0 Å². The second-order valence-corrected chi connectivity index (χ2v) is 4.73. The number of carbonyl (C=O) groups is 3. The van der Waals surface area contributed by atoms with Gasteiger partial charge in [0.15, 0.2) is 0 Å². The van der Waals surface area contributed by atoms with E-state index in [1.54, 1.807) is 48.5 Å². The van der Waals surface area contributed by atoms with Gasteiger partial charge in [0.1, 0.15) is 0 Å². The monoisotopic (exact) mass is 281 g/mol. The fraction of sp³-hybridized carbons (Fsp3) is 0.0625. The summed E-state index contributed by atoms with van der Waals surface area (Å²) in [4.78, 5) is 36.5. The summed E-state index contributed by atoms with van der Waals surface area (Å²) in [5.74, 6) is -1.74. The number of amides is 2. The third kappa shape index (κ3) is 2.18. The molecule has 0 radical (unpaired) electrons. The molecule has 5 nitrogen and oxygen atoms in total. The number of benzene rings is 2. The zero-order valence-corrected chi connectivity index (χ0v) is 10.9. The summed E-state index contributed by atoms with van der Waals surface area (Å²) >= 11 is 0. The Hall–Kier alpha value is -2.95. The van der Waals surface area contributed by atoms with Gasteiger partial charge in [-0.2, -0.15) is 0 Å².